The number of hydrogen-bond donors (Lipinski definition) is 1. The molecule has 1 fully saturated rings. The van der Waals surface area contributed by atoms with Crippen LogP contribution in [0.1, 0.15) is 25.8 Å². The van der Waals surface area contributed by atoms with Gasteiger partial charge in [-0.15, -0.1) is 0 Å². The summed E-state index contributed by atoms with van der Waals surface area (Å²) < 4.78 is 13.6. The maximum Gasteiger partial charge on any atom is 0.128 e. The Morgan fingerprint density at radius 3 is 2.88 bits per heavy atom. The first kappa shape index (κ1) is 12.4. The molecule has 2 atom stereocenters. The van der Waals surface area contributed by atoms with Gasteiger partial charge in [-0.1, -0.05) is 13.0 Å². The van der Waals surface area contributed by atoms with Crippen LogP contribution in [0.25, 0.3) is 0 Å². The average Bonchev–Trinajstić information content (AvgIpc) is 2.33. The lowest BCUT2D eigenvalue weighted by atomic mass is 10.1. The molecule has 2 rings (SSSR count). The van der Waals surface area contributed by atoms with Crippen molar-refractivity contribution in [2.75, 3.05) is 18.0 Å². The van der Waals surface area contributed by atoms with Crippen molar-refractivity contribution in [2.45, 2.75) is 39.3 Å². The predicted octanol–water partition coefficient (Wildman–Crippen LogP) is 2.71. The Morgan fingerprint density at radius 1 is 1.47 bits per heavy atom. The molecular formula is C14H21FN2. The number of nitrogens with zero attached hydrogens (tertiary/aromatic N) is 1. The average molecular weight is 236 g/mol. The van der Waals surface area contributed by atoms with Gasteiger partial charge in [0.05, 0.1) is 0 Å². The van der Waals surface area contributed by atoms with Crippen LogP contribution in [0.3, 0.4) is 0 Å². The summed E-state index contributed by atoms with van der Waals surface area (Å²) >= 11 is 0. The van der Waals surface area contributed by atoms with Gasteiger partial charge < -0.3 is 10.2 Å². The third-order valence-corrected chi connectivity index (χ3v) is 3.63. The first-order valence-electron chi connectivity index (χ1n) is 6.38. The Balaban J connectivity index is 2.21. The van der Waals surface area contributed by atoms with E-state index in [-0.39, 0.29) is 5.82 Å². The normalized spacial score (nSPS) is 25.1. The molecule has 0 aliphatic carbocycles. The number of anilines is 1. The molecule has 2 nitrogen and oxygen atoms in total. The highest BCUT2D eigenvalue weighted by Gasteiger charge is 2.24. The van der Waals surface area contributed by atoms with Gasteiger partial charge in [0.2, 0.25) is 0 Å². The first-order valence-corrected chi connectivity index (χ1v) is 6.38. The van der Waals surface area contributed by atoms with Crippen LogP contribution >= 0.6 is 0 Å². The van der Waals surface area contributed by atoms with E-state index in [0.717, 1.165) is 25.2 Å². The molecule has 0 aromatic heterocycles. The predicted molar refractivity (Wildman–Crippen MR) is 70.0 cm³/mol. The van der Waals surface area contributed by atoms with Crippen LogP contribution in [0, 0.1) is 12.7 Å². The molecule has 0 bridgehead atoms. The topological polar surface area (TPSA) is 15.3 Å². The third kappa shape index (κ3) is 2.60. The SMILES string of the molecule is CCC1CN(c2ccc(C)c(F)c2)C(C)CN1. The smallest absolute Gasteiger partial charge is 0.128 e. The number of rotatable bonds is 2. The molecule has 1 N–H and O–H groups in total. The van der Waals surface area contributed by atoms with Crippen molar-refractivity contribution in [1.29, 1.82) is 0 Å². The summed E-state index contributed by atoms with van der Waals surface area (Å²) in [5, 5.41) is 3.51. The second kappa shape index (κ2) is 5.05. The highest BCUT2D eigenvalue weighted by Crippen LogP contribution is 2.22. The number of benzene rings is 1. The third-order valence-electron chi connectivity index (χ3n) is 3.63. The van der Waals surface area contributed by atoms with Crippen molar-refractivity contribution in [2.24, 2.45) is 0 Å². The molecule has 1 saturated heterocycles. The minimum atomic E-state index is -0.110. The first-order chi connectivity index (χ1) is 8.11. The number of piperazine rings is 1. The molecule has 17 heavy (non-hydrogen) atoms. The highest BCUT2D eigenvalue weighted by atomic mass is 19.1. The molecule has 1 aliphatic heterocycles. The van der Waals surface area contributed by atoms with Crippen LogP contribution in [-0.2, 0) is 0 Å². The molecule has 0 amide bonds. The van der Waals surface area contributed by atoms with E-state index in [1.165, 1.54) is 0 Å². The van der Waals surface area contributed by atoms with Crippen molar-refractivity contribution >= 4 is 5.69 Å². The van der Waals surface area contributed by atoms with Crippen LogP contribution in [0.15, 0.2) is 18.2 Å². The van der Waals surface area contributed by atoms with E-state index in [0.29, 0.717) is 17.6 Å². The van der Waals surface area contributed by atoms with Crippen molar-refractivity contribution in [3.8, 4) is 0 Å². The quantitative estimate of drug-likeness (QED) is 0.849. The lowest BCUT2D eigenvalue weighted by Gasteiger charge is -2.40. The van der Waals surface area contributed by atoms with E-state index in [9.17, 15) is 4.39 Å². The van der Waals surface area contributed by atoms with Gasteiger partial charge in [0, 0.05) is 30.9 Å². The Hall–Kier alpha value is -1.09. The molecule has 94 valence electrons. The van der Waals surface area contributed by atoms with Crippen molar-refractivity contribution < 1.29 is 4.39 Å². The van der Waals surface area contributed by atoms with Crippen molar-refractivity contribution in [1.82, 2.24) is 5.32 Å². The van der Waals surface area contributed by atoms with E-state index in [4.69, 9.17) is 0 Å². The number of hydrogen-bond acceptors (Lipinski definition) is 2. The fourth-order valence-corrected chi connectivity index (χ4v) is 2.32. The second-order valence-electron chi connectivity index (χ2n) is 4.95. The number of nitrogens with one attached hydrogen (secondary N) is 1. The summed E-state index contributed by atoms with van der Waals surface area (Å²) in [6, 6.07) is 6.47. The molecule has 1 aliphatic rings. The fraction of sp³-hybridized carbons (Fsp3) is 0.571. The van der Waals surface area contributed by atoms with E-state index in [1.54, 1.807) is 13.0 Å². The van der Waals surface area contributed by atoms with E-state index in [1.807, 2.05) is 12.1 Å². The van der Waals surface area contributed by atoms with Gasteiger partial charge in [0.25, 0.3) is 0 Å². The lowest BCUT2D eigenvalue weighted by Crippen LogP contribution is -2.55. The zero-order valence-electron chi connectivity index (χ0n) is 10.8. The number of halogens is 1. The minimum Gasteiger partial charge on any atom is -0.366 e. The maximum atomic E-state index is 13.6. The summed E-state index contributed by atoms with van der Waals surface area (Å²) in [5.74, 6) is -0.110. The standard InChI is InChI=1S/C14H21FN2/c1-4-12-9-17(11(3)8-16-12)13-6-5-10(2)14(15)7-13/h5-7,11-12,16H,4,8-9H2,1-3H3. The molecule has 1 aromatic carbocycles. The fourth-order valence-electron chi connectivity index (χ4n) is 2.32. The lowest BCUT2D eigenvalue weighted by molar-refractivity contribution is 0.397. The van der Waals surface area contributed by atoms with Gasteiger partial charge in [-0.3, -0.25) is 0 Å². The van der Waals surface area contributed by atoms with Crippen LogP contribution in [0.2, 0.25) is 0 Å². The van der Waals surface area contributed by atoms with E-state index in [2.05, 4.69) is 24.1 Å². The zero-order valence-corrected chi connectivity index (χ0v) is 10.8. The molecule has 0 saturated carbocycles. The highest BCUT2D eigenvalue weighted by molar-refractivity contribution is 5.49. The molecule has 1 heterocycles. The van der Waals surface area contributed by atoms with Crippen LogP contribution < -0.4 is 10.2 Å². The van der Waals surface area contributed by atoms with Gasteiger partial charge in [-0.2, -0.15) is 0 Å². The summed E-state index contributed by atoms with van der Waals surface area (Å²) in [4.78, 5) is 2.30. The Morgan fingerprint density at radius 2 is 2.24 bits per heavy atom. The summed E-state index contributed by atoms with van der Waals surface area (Å²) in [6.07, 6.45) is 1.11. The maximum absolute atomic E-state index is 13.6. The summed E-state index contributed by atoms with van der Waals surface area (Å²) in [5.41, 5.74) is 1.71. The van der Waals surface area contributed by atoms with Gasteiger partial charge in [-0.25, -0.2) is 4.39 Å². The Bertz CT molecular complexity index is 392. The molecular weight excluding hydrogens is 215 g/mol. The van der Waals surface area contributed by atoms with Crippen molar-refractivity contribution in [3.63, 3.8) is 0 Å². The van der Waals surface area contributed by atoms with Gasteiger partial charge in [0.15, 0.2) is 0 Å². The molecule has 2 unspecified atom stereocenters. The van der Waals surface area contributed by atoms with Gasteiger partial charge >= 0.3 is 0 Å². The Kier molecular flexibility index (Phi) is 3.67. The van der Waals surface area contributed by atoms with Crippen LogP contribution in [0.4, 0.5) is 10.1 Å². The summed E-state index contributed by atoms with van der Waals surface area (Å²) in [7, 11) is 0. The minimum absolute atomic E-state index is 0.110. The summed E-state index contributed by atoms with van der Waals surface area (Å²) in [6.45, 7) is 8.08. The van der Waals surface area contributed by atoms with E-state index >= 15 is 0 Å². The van der Waals surface area contributed by atoms with Gasteiger partial charge in [0.1, 0.15) is 5.82 Å². The second-order valence-corrected chi connectivity index (χ2v) is 4.95. The van der Waals surface area contributed by atoms with Crippen LogP contribution in [0.5, 0.6) is 0 Å². The molecule has 0 radical (unpaired) electrons. The largest absolute Gasteiger partial charge is 0.366 e. The molecule has 0 spiro atoms. The monoisotopic (exact) mass is 236 g/mol. The van der Waals surface area contributed by atoms with Gasteiger partial charge in [-0.05, 0) is 38.0 Å². The molecule has 1 aromatic rings. The Labute approximate surface area is 103 Å². The van der Waals surface area contributed by atoms with Crippen molar-refractivity contribution in [3.05, 3.63) is 29.6 Å². The zero-order chi connectivity index (χ0) is 12.4. The van der Waals surface area contributed by atoms with E-state index < -0.39 is 0 Å². The number of aryl methyl sites for hydroxylation is 1. The molecule has 3 heteroatoms. The van der Waals surface area contributed by atoms with Crippen LogP contribution in [-0.4, -0.2) is 25.2 Å².